The number of nitrogen functional groups attached to an aromatic ring is 1. The van der Waals surface area contributed by atoms with E-state index < -0.39 is 66.5 Å². The van der Waals surface area contributed by atoms with Gasteiger partial charge >= 0.3 is 11.4 Å². The highest BCUT2D eigenvalue weighted by atomic mass is 127. The number of H-pyrrole nitrogens is 1. The van der Waals surface area contributed by atoms with Crippen molar-refractivity contribution >= 4 is 28.4 Å². The number of hydrogen-bond donors (Lipinski definition) is 7. The number of aromatic nitrogens is 4. The smallest absolute Gasteiger partial charge is 0.351 e. The standard InChI is InChI=1S/C9H11IN2O5.C9H13N3O5/c10-4-2-12(9(16)11-8(4)15)7-1-5(14)6(3-13)17-7;10-5-1-2-12(9(16)11-5)8-7(15)6(14)4(3-13)17-8/h2,5-7,13-14H,1,3H2,(H,11,15,16);1-2,4,6-8,13-15H,3H2,(H2,10,11,16)/t5-,6+,7+;4-,6-,7-,8-/m01/s1. The predicted octanol–water partition coefficient (Wildman–Crippen LogP) is -3.78. The Bertz CT molecular complexity index is 1170. The molecule has 2 fully saturated rings. The van der Waals surface area contributed by atoms with Crippen LogP contribution in [0.3, 0.4) is 0 Å². The quantitative estimate of drug-likeness (QED) is 0.168. The zero-order valence-corrected chi connectivity index (χ0v) is 19.6. The number of nitrogens with one attached hydrogen (secondary N) is 1. The molecule has 4 rings (SSSR count). The second kappa shape index (κ2) is 11.0. The Kier molecular flexibility index (Phi) is 8.57. The van der Waals surface area contributed by atoms with E-state index in [1.165, 1.54) is 23.0 Å². The van der Waals surface area contributed by atoms with Gasteiger partial charge in [0, 0.05) is 18.8 Å². The van der Waals surface area contributed by atoms with Crippen LogP contribution in [0.2, 0.25) is 0 Å². The summed E-state index contributed by atoms with van der Waals surface area (Å²) >= 11 is 1.80. The van der Waals surface area contributed by atoms with E-state index in [0.717, 1.165) is 4.57 Å². The van der Waals surface area contributed by atoms with E-state index >= 15 is 0 Å². The molecule has 34 heavy (non-hydrogen) atoms. The fourth-order valence-corrected chi connectivity index (χ4v) is 3.89. The maximum absolute atomic E-state index is 11.6. The molecular weight excluding hydrogens is 573 g/mol. The van der Waals surface area contributed by atoms with E-state index in [1.807, 2.05) is 0 Å². The molecule has 15 nitrogen and oxygen atoms in total. The second-order valence-electron chi connectivity index (χ2n) is 7.53. The van der Waals surface area contributed by atoms with Crippen LogP contribution < -0.4 is 22.7 Å². The maximum atomic E-state index is 11.6. The first-order valence-electron chi connectivity index (χ1n) is 9.99. The van der Waals surface area contributed by atoms with Crippen molar-refractivity contribution in [3.05, 3.63) is 53.4 Å². The summed E-state index contributed by atoms with van der Waals surface area (Å²) in [5.74, 6) is 0.0537. The Morgan fingerprint density at radius 3 is 2.32 bits per heavy atom. The van der Waals surface area contributed by atoms with Crippen LogP contribution in [-0.4, -0.2) is 88.4 Å². The van der Waals surface area contributed by atoms with Gasteiger partial charge in [0.2, 0.25) is 0 Å². The van der Waals surface area contributed by atoms with E-state index in [0.29, 0.717) is 3.57 Å². The van der Waals surface area contributed by atoms with Gasteiger partial charge in [-0.3, -0.25) is 18.9 Å². The fraction of sp³-hybridized carbons (Fsp3) is 0.556. The Morgan fingerprint density at radius 2 is 1.76 bits per heavy atom. The number of nitrogens with two attached hydrogens (primary N) is 1. The number of hydrogen-bond acceptors (Lipinski definition) is 12. The van der Waals surface area contributed by atoms with Gasteiger partial charge in [-0.2, -0.15) is 4.98 Å². The third kappa shape index (κ3) is 5.54. The molecule has 4 heterocycles. The van der Waals surface area contributed by atoms with Crippen molar-refractivity contribution < 1.29 is 35.0 Å². The molecule has 0 unspecified atom stereocenters. The first kappa shape index (κ1) is 26.4. The van der Waals surface area contributed by atoms with Crippen LogP contribution in [0.15, 0.2) is 32.8 Å². The second-order valence-corrected chi connectivity index (χ2v) is 8.69. The third-order valence-electron chi connectivity index (χ3n) is 5.26. The van der Waals surface area contributed by atoms with Crippen molar-refractivity contribution in [1.82, 2.24) is 19.1 Å². The van der Waals surface area contributed by atoms with Crippen molar-refractivity contribution in [2.24, 2.45) is 0 Å². The van der Waals surface area contributed by atoms with Gasteiger partial charge in [0.15, 0.2) is 6.23 Å². The molecule has 0 amide bonds. The normalized spacial score (nSPS) is 30.7. The molecule has 2 saturated heterocycles. The summed E-state index contributed by atoms with van der Waals surface area (Å²) in [7, 11) is 0. The molecule has 2 aromatic rings. The van der Waals surface area contributed by atoms with E-state index in [1.54, 1.807) is 22.6 Å². The summed E-state index contributed by atoms with van der Waals surface area (Å²) in [5, 5.41) is 46.7. The summed E-state index contributed by atoms with van der Waals surface area (Å²) in [5.41, 5.74) is 3.58. The average Bonchev–Trinajstić information content (AvgIpc) is 3.30. The van der Waals surface area contributed by atoms with Gasteiger partial charge in [-0.15, -0.1) is 0 Å². The molecule has 0 spiro atoms. The summed E-state index contributed by atoms with van der Waals surface area (Å²) < 4.78 is 13.1. The monoisotopic (exact) mass is 597 g/mol. The molecule has 2 aliphatic heterocycles. The molecule has 7 atom stereocenters. The van der Waals surface area contributed by atoms with Crippen LogP contribution in [0.4, 0.5) is 5.82 Å². The summed E-state index contributed by atoms with van der Waals surface area (Å²) in [6, 6.07) is 1.37. The molecule has 188 valence electrons. The minimum absolute atomic E-state index is 0.0537. The minimum Gasteiger partial charge on any atom is -0.394 e. The molecule has 0 aliphatic carbocycles. The Hall–Kier alpha value is -2.19. The van der Waals surface area contributed by atoms with Crippen molar-refractivity contribution in [2.75, 3.05) is 18.9 Å². The first-order valence-corrected chi connectivity index (χ1v) is 11.1. The Balaban J connectivity index is 0.000000191. The van der Waals surface area contributed by atoms with Gasteiger partial charge in [-0.1, -0.05) is 0 Å². The molecular formula is C18H24IN5O10. The van der Waals surface area contributed by atoms with E-state index in [9.17, 15) is 29.7 Å². The number of rotatable bonds is 4. The average molecular weight is 597 g/mol. The topological polar surface area (TPSA) is 235 Å². The molecule has 0 radical (unpaired) electrons. The lowest BCUT2D eigenvalue weighted by Gasteiger charge is -2.16. The largest absolute Gasteiger partial charge is 0.394 e. The first-order chi connectivity index (χ1) is 16.1. The van der Waals surface area contributed by atoms with Crippen LogP contribution in [0.1, 0.15) is 18.9 Å². The zero-order chi connectivity index (χ0) is 25.2. The van der Waals surface area contributed by atoms with E-state index in [4.69, 9.17) is 25.4 Å². The van der Waals surface area contributed by atoms with Gasteiger partial charge in [-0.05, 0) is 28.7 Å². The lowest BCUT2D eigenvalue weighted by molar-refractivity contribution is -0.0549. The van der Waals surface area contributed by atoms with Gasteiger partial charge < -0.3 is 40.7 Å². The maximum Gasteiger partial charge on any atom is 0.351 e. The number of nitrogens with zero attached hydrogens (tertiary/aromatic N) is 3. The van der Waals surface area contributed by atoms with Gasteiger partial charge in [0.1, 0.15) is 36.5 Å². The lowest BCUT2D eigenvalue weighted by atomic mass is 10.1. The number of aromatic amines is 1. The highest BCUT2D eigenvalue weighted by molar-refractivity contribution is 14.1. The van der Waals surface area contributed by atoms with Crippen LogP contribution >= 0.6 is 22.6 Å². The Labute approximate surface area is 204 Å². The highest BCUT2D eigenvalue weighted by Gasteiger charge is 2.43. The number of aliphatic hydroxyl groups is 5. The number of anilines is 1. The van der Waals surface area contributed by atoms with Crippen LogP contribution in [0.5, 0.6) is 0 Å². The summed E-state index contributed by atoms with van der Waals surface area (Å²) in [4.78, 5) is 39.9. The van der Waals surface area contributed by atoms with E-state index in [2.05, 4.69) is 9.97 Å². The number of ether oxygens (including phenoxy) is 2. The van der Waals surface area contributed by atoms with Crippen LogP contribution in [-0.2, 0) is 9.47 Å². The molecule has 0 saturated carbocycles. The van der Waals surface area contributed by atoms with Crippen molar-refractivity contribution in [3.63, 3.8) is 0 Å². The molecule has 0 bridgehead atoms. The van der Waals surface area contributed by atoms with Crippen LogP contribution in [0, 0.1) is 3.57 Å². The van der Waals surface area contributed by atoms with Gasteiger partial charge in [-0.25, -0.2) is 9.59 Å². The van der Waals surface area contributed by atoms with Crippen LogP contribution in [0.25, 0.3) is 0 Å². The van der Waals surface area contributed by atoms with Gasteiger partial charge in [0.05, 0.1) is 22.9 Å². The minimum atomic E-state index is -1.31. The molecule has 16 heteroatoms. The van der Waals surface area contributed by atoms with Gasteiger partial charge in [0.25, 0.3) is 5.56 Å². The lowest BCUT2D eigenvalue weighted by Crippen LogP contribution is -2.36. The third-order valence-corrected chi connectivity index (χ3v) is 6.03. The molecule has 8 N–H and O–H groups in total. The Morgan fingerprint density at radius 1 is 1.09 bits per heavy atom. The van der Waals surface area contributed by atoms with E-state index in [-0.39, 0.29) is 18.8 Å². The molecule has 2 aliphatic rings. The zero-order valence-electron chi connectivity index (χ0n) is 17.5. The van der Waals surface area contributed by atoms with Crippen molar-refractivity contribution in [2.45, 2.75) is 49.4 Å². The molecule has 2 aromatic heterocycles. The molecule has 0 aromatic carbocycles. The fourth-order valence-electron chi connectivity index (χ4n) is 3.45. The number of aliphatic hydroxyl groups excluding tert-OH is 5. The van der Waals surface area contributed by atoms with Crippen molar-refractivity contribution in [1.29, 1.82) is 0 Å². The number of halogens is 1. The summed E-state index contributed by atoms with van der Waals surface area (Å²) in [6.07, 6.45) is -3.87. The van der Waals surface area contributed by atoms with Crippen molar-refractivity contribution in [3.8, 4) is 0 Å². The summed E-state index contributed by atoms with van der Waals surface area (Å²) in [6.45, 7) is -0.765. The highest BCUT2D eigenvalue weighted by Crippen LogP contribution is 2.28. The predicted molar refractivity (Wildman–Crippen MR) is 122 cm³/mol. The SMILES string of the molecule is Nc1ccn([C@@H]2O[C@H](CO)[C@@H](O)[C@H]2O)c(=O)n1.O=c1[nH]c(=O)n([C@H]2C[C@H](O)[C@@H](CO)O2)cc1I.